The summed E-state index contributed by atoms with van der Waals surface area (Å²) in [6.07, 6.45) is -0.141. The van der Waals surface area contributed by atoms with Gasteiger partial charge in [-0.2, -0.15) is 0 Å². The summed E-state index contributed by atoms with van der Waals surface area (Å²) in [5.74, 6) is -0.281. The van der Waals surface area contributed by atoms with E-state index in [9.17, 15) is 4.79 Å². The molecule has 4 heteroatoms. The van der Waals surface area contributed by atoms with Crippen LogP contribution in [-0.4, -0.2) is 25.0 Å². The first-order chi connectivity index (χ1) is 10.7. The summed E-state index contributed by atoms with van der Waals surface area (Å²) in [5, 5.41) is 2.34. The fourth-order valence-electron chi connectivity index (χ4n) is 2.69. The van der Waals surface area contributed by atoms with Crippen LogP contribution >= 0.6 is 0 Å². The zero-order chi connectivity index (χ0) is 15.5. The van der Waals surface area contributed by atoms with Crippen molar-refractivity contribution in [1.82, 2.24) is 0 Å². The van der Waals surface area contributed by atoms with Gasteiger partial charge >= 0.3 is 5.97 Å². The summed E-state index contributed by atoms with van der Waals surface area (Å²) in [6.45, 7) is 4.46. The topological polar surface area (TPSA) is 47.9 Å². The van der Waals surface area contributed by atoms with E-state index in [-0.39, 0.29) is 12.1 Å². The zero-order valence-corrected chi connectivity index (χ0v) is 12.8. The Morgan fingerprint density at radius 2 is 2.09 bits per heavy atom. The predicted molar refractivity (Wildman–Crippen MR) is 85.9 cm³/mol. The van der Waals surface area contributed by atoms with Crippen LogP contribution in [-0.2, 0) is 14.3 Å². The van der Waals surface area contributed by atoms with Crippen molar-refractivity contribution in [3.8, 4) is 0 Å². The molecule has 1 heterocycles. The van der Waals surface area contributed by atoms with Gasteiger partial charge in [-0.05, 0) is 24.6 Å². The third-order valence-electron chi connectivity index (χ3n) is 3.86. The second kappa shape index (κ2) is 6.18. The summed E-state index contributed by atoms with van der Waals surface area (Å²) >= 11 is 0. The van der Waals surface area contributed by atoms with Gasteiger partial charge in [0.1, 0.15) is 12.0 Å². The molecule has 1 aliphatic heterocycles. The zero-order valence-electron chi connectivity index (χ0n) is 12.8. The van der Waals surface area contributed by atoms with Crippen molar-refractivity contribution in [1.29, 1.82) is 0 Å². The van der Waals surface area contributed by atoms with Crippen molar-refractivity contribution in [3.63, 3.8) is 0 Å². The first-order valence-electron chi connectivity index (χ1n) is 7.56. The molecular weight excluding hydrogens is 278 g/mol. The van der Waals surface area contributed by atoms with Gasteiger partial charge in [0.2, 0.25) is 0 Å². The van der Waals surface area contributed by atoms with Crippen LogP contribution in [0.5, 0.6) is 0 Å². The van der Waals surface area contributed by atoms with Crippen molar-refractivity contribution >= 4 is 22.6 Å². The van der Waals surface area contributed by atoms with E-state index in [1.807, 2.05) is 18.2 Å². The smallest absolute Gasteiger partial charge is 0.318 e. The van der Waals surface area contributed by atoms with Gasteiger partial charge in [0.05, 0.1) is 13.2 Å². The standard InChI is InChI=1S/C18H19NO3/c1-3-21-18(20)12(2)17-19-11-16(22-17)15-10-6-8-13-7-4-5-9-14(13)15/h4-10,12,16H,3,11H2,1-2H3. The number of rotatable bonds is 4. The molecular formula is C18H19NO3. The summed E-state index contributed by atoms with van der Waals surface area (Å²) in [5.41, 5.74) is 1.10. The molecule has 0 radical (unpaired) electrons. The van der Waals surface area contributed by atoms with Gasteiger partial charge in [0.25, 0.3) is 0 Å². The Kier molecular flexibility index (Phi) is 4.09. The third kappa shape index (κ3) is 2.69. The minimum Gasteiger partial charge on any atom is -0.470 e. The molecule has 2 unspecified atom stereocenters. The average molecular weight is 297 g/mol. The molecule has 0 saturated heterocycles. The van der Waals surface area contributed by atoms with Crippen LogP contribution in [0, 0.1) is 5.92 Å². The van der Waals surface area contributed by atoms with Gasteiger partial charge in [-0.3, -0.25) is 9.79 Å². The van der Waals surface area contributed by atoms with Gasteiger partial charge in [0, 0.05) is 5.56 Å². The fraction of sp³-hybridized carbons (Fsp3) is 0.333. The molecule has 2 atom stereocenters. The number of ether oxygens (including phenoxy) is 2. The lowest BCUT2D eigenvalue weighted by atomic mass is 10.0. The monoisotopic (exact) mass is 297 g/mol. The SMILES string of the molecule is CCOC(=O)C(C)C1=NCC(c2cccc3ccccc23)O1. The molecule has 2 aromatic carbocycles. The number of fused-ring (bicyclic) bond motifs is 1. The van der Waals surface area contributed by atoms with Crippen LogP contribution in [0.1, 0.15) is 25.5 Å². The highest BCUT2D eigenvalue weighted by Gasteiger charge is 2.30. The van der Waals surface area contributed by atoms with E-state index in [1.165, 1.54) is 5.39 Å². The molecule has 0 bridgehead atoms. The first-order valence-corrected chi connectivity index (χ1v) is 7.56. The fourth-order valence-corrected chi connectivity index (χ4v) is 2.69. The third-order valence-corrected chi connectivity index (χ3v) is 3.86. The number of hydrogen-bond acceptors (Lipinski definition) is 4. The molecule has 1 aliphatic rings. The molecule has 2 aromatic rings. The van der Waals surface area contributed by atoms with E-state index >= 15 is 0 Å². The number of benzene rings is 2. The van der Waals surface area contributed by atoms with Crippen molar-refractivity contribution in [3.05, 3.63) is 48.0 Å². The molecule has 0 spiro atoms. The van der Waals surface area contributed by atoms with Crippen LogP contribution in [0.25, 0.3) is 10.8 Å². The van der Waals surface area contributed by atoms with Gasteiger partial charge in [-0.25, -0.2) is 0 Å². The number of carbonyl (C=O) groups excluding carboxylic acids is 1. The van der Waals surface area contributed by atoms with E-state index < -0.39 is 5.92 Å². The molecule has 0 saturated carbocycles. The number of esters is 1. The Labute approximate surface area is 129 Å². The lowest BCUT2D eigenvalue weighted by Crippen LogP contribution is -2.24. The molecule has 22 heavy (non-hydrogen) atoms. The van der Waals surface area contributed by atoms with Gasteiger partial charge < -0.3 is 9.47 Å². The highest BCUT2D eigenvalue weighted by molar-refractivity contribution is 5.98. The maximum Gasteiger partial charge on any atom is 0.318 e. The Morgan fingerprint density at radius 1 is 1.32 bits per heavy atom. The maximum absolute atomic E-state index is 11.8. The van der Waals surface area contributed by atoms with Gasteiger partial charge in [-0.1, -0.05) is 42.5 Å². The van der Waals surface area contributed by atoms with Crippen LogP contribution in [0.15, 0.2) is 47.5 Å². The van der Waals surface area contributed by atoms with Crippen LogP contribution in [0.3, 0.4) is 0 Å². The molecule has 0 aromatic heterocycles. The normalized spacial score (nSPS) is 18.6. The van der Waals surface area contributed by atoms with Crippen LogP contribution in [0.4, 0.5) is 0 Å². The molecule has 0 N–H and O–H groups in total. The maximum atomic E-state index is 11.8. The van der Waals surface area contributed by atoms with Gasteiger partial charge in [-0.15, -0.1) is 0 Å². The highest BCUT2D eigenvalue weighted by atomic mass is 16.5. The Hall–Kier alpha value is -2.36. The largest absolute Gasteiger partial charge is 0.470 e. The number of aliphatic imine (C=N–C) groups is 1. The molecule has 0 amide bonds. The summed E-state index contributed by atoms with van der Waals surface area (Å²) < 4.78 is 11.0. The quantitative estimate of drug-likeness (QED) is 0.811. The van der Waals surface area contributed by atoms with Crippen LogP contribution < -0.4 is 0 Å². The van der Waals surface area contributed by atoms with E-state index in [0.717, 1.165) is 10.9 Å². The number of hydrogen-bond donors (Lipinski definition) is 0. The van der Waals surface area contributed by atoms with E-state index in [1.54, 1.807) is 13.8 Å². The van der Waals surface area contributed by atoms with Crippen molar-refractivity contribution in [2.45, 2.75) is 20.0 Å². The molecule has 0 fully saturated rings. The van der Waals surface area contributed by atoms with Gasteiger partial charge in [0.15, 0.2) is 5.90 Å². The minimum atomic E-state index is -0.458. The highest BCUT2D eigenvalue weighted by Crippen LogP contribution is 2.31. The minimum absolute atomic E-state index is 0.141. The Morgan fingerprint density at radius 3 is 2.91 bits per heavy atom. The molecule has 0 aliphatic carbocycles. The molecule has 4 nitrogen and oxygen atoms in total. The molecule has 3 rings (SSSR count). The second-order valence-corrected chi connectivity index (χ2v) is 5.33. The first kappa shape index (κ1) is 14.6. The second-order valence-electron chi connectivity index (χ2n) is 5.33. The number of nitrogens with zero attached hydrogens (tertiary/aromatic N) is 1. The summed E-state index contributed by atoms with van der Waals surface area (Å²) in [6, 6.07) is 14.4. The van der Waals surface area contributed by atoms with Crippen molar-refractivity contribution in [2.75, 3.05) is 13.2 Å². The van der Waals surface area contributed by atoms with Crippen molar-refractivity contribution in [2.24, 2.45) is 10.9 Å². The van der Waals surface area contributed by atoms with E-state index in [2.05, 4.69) is 29.3 Å². The Balaban J connectivity index is 1.80. The van der Waals surface area contributed by atoms with Crippen LogP contribution in [0.2, 0.25) is 0 Å². The predicted octanol–water partition coefficient (Wildman–Crippen LogP) is 3.51. The van der Waals surface area contributed by atoms with Crippen molar-refractivity contribution < 1.29 is 14.3 Å². The summed E-state index contributed by atoms with van der Waals surface area (Å²) in [4.78, 5) is 16.2. The lowest BCUT2D eigenvalue weighted by Gasteiger charge is -2.16. The lowest BCUT2D eigenvalue weighted by molar-refractivity contribution is -0.145. The molecule has 114 valence electrons. The van der Waals surface area contributed by atoms with E-state index in [4.69, 9.17) is 9.47 Å². The number of carbonyl (C=O) groups is 1. The Bertz CT molecular complexity index is 718. The van der Waals surface area contributed by atoms with E-state index in [0.29, 0.717) is 19.0 Å². The average Bonchev–Trinajstić information content (AvgIpc) is 3.03. The summed E-state index contributed by atoms with van der Waals surface area (Å²) in [7, 11) is 0.